The van der Waals surface area contributed by atoms with E-state index in [-0.39, 0.29) is 6.10 Å². The van der Waals surface area contributed by atoms with Gasteiger partial charge in [-0.25, -0.2) is 0 Å². The van der Waals surface area contributed by atoms with Crippen molar-refractivity contribution in [3.8, 4) is 0 Å². The maximum Gasteiger partial charge on any atom is 0.226 e. The molecule has 0 amide bonds. The fourth-order valence-electron chi connectivity index (χ4n) is 2.99. The highest BCUT2D eigenvalue weighted by Gasteiger charge is 2.25. The van der Waals surface area contributed by atoms with Gasteiger partial charge in [0.05, 0.1) is 6.10 Å². The molecule has 1 saturated carbocycles. The Morgan fingerprint density at radius 1 is 1.32 bits per heavy atom. The van der Waals surface area contributed by atoms with Crippen molar-refractivity contribution in [1.29, 1.82) is 0 Å². The molecule has 1 heterocycles. The fourth-order valence-corrected chi connectivity index (χ4v) is 2.99. The Labute approximate surface area is 115 Å². The van der Waals surface area contributed by atoms with Crippen molar-refractivity contribution in [2.75, 3.05) is 0 Å². The van der Waals surface area contributed by atoms with Gasteiger partial charge in [-0.15, -0.1) is 0 Å². The summed E-state index contributed by atoms with van der Waals surface area (Å²) in [5.41, 5.74) is 0. The molecule has 0 aromatic carbocycles. The normalized spacial score (nSPS) is 25.4. The number of hydrogen-bond donors (Lipinski definition) is 1. The molecule has 0 radical (unpaired) electrons. The van der Waals surface area contributed by atoms with E-state index in [1.807, 2.05) is 0 Å². The maximum atomic E-state index is 9.26. The summed E-state index contributed by atoms with van der Waals surface area (Å²) in [5.74, 6) is 2.95. The van der Waals surface area contributed by atoms with E-state index < -0.39 is 0 Å². The molecule has 1 aromatic heterocycles. The zero-order valence-electron chi connectivity index (χ0n) is 12.1. The summed E-state index contributed by atoms with van der Waals surface area (Å²) in [6.07, 6.45) is 8.70. The van der Waals surface area contributed by atoms with Gasteiger partial charge >= 0.3 is 0 Å². The van der Waals surface area contributed by atoms with Gasteiger partial charge in [-0.05, 0) is 44.9 Å². The van der Waals surface area contributed by atoms with Crippen LogP contribution in [0.4, 0.5) is 0 Å². The average Bonchev–Trinajstić information content (AvgIpc) is 2.86. The molecule has 4 heteroatoms. The van der Waals surface area contributed by atoms with E-state index >= 15 is 0 Å². The lowest BCUT2D eigenvalue weighted by molar-refractivity contribution is 0.180. The Balaban J connectivity index is 1.82. The van der Waals surface area contributed by atoms with Crippen LogP contribution >= 0.6 is 0 Å². The summed E-state index contributed by atoms with van der Waals surface area (Å²) in [5, 5.41) is 13.4. The van der Waals surface area contributed by atoms with Gasteiger partial charge in [0.15, 0.2) is 5.82 Å². The summed E-state index contributed by atoms with van der Waals surface area (Å²) in [6, 6.07) is 0. The molecular weight excluding hydrogens is 240 g/mol. The van der Waals surface area contributed by atoms with Crippen LogP contribution in [-0.2, 0) is 6.42 Å². The molecule has 0 spiro atoms. The monoisotopic (exact) mass is 266 g/mol. The second-order valence-corrected chi connectivity index (χ2v) is 5.94. The Kier molecular flexibility index (Phi) is 5.37. The fraction of sp³-hybridized carbons (Fsp3) is 0.867. The molecule has 1 aromatic rings. The zero-order valence-corrected chi connectivity index (χ0v) is 12.1. The van der Waals surface area contributed by atoms with Crippen molar-refractivity contribution in [3.63, 3.8) is 0 Å². The topological polar surface area (TPSA) is 59.2 Å². The number of nitrogens with zero attached hydrogens (tertiary/aromatic N) is 2. The van der Waals surface area contributed by atoms with Crippen LogP contribution in [0.2, 0.25) is 0 Å². The number of aliphatic hydroxyl groups excluding tert-OH is 1. The van der Waals surface area contributed by atoms with Crippen LogP contribution in [0.15, 0.2) is 4.52 Å². The molecule has 19 heavy (non-hydrogen) atoms. The lowest BCUT2D eigenvalue weighted by atomic mass is 9.80. The van der Waals surface area contributed by atoms with Crippen LogP contribution in [0.25, 0.3) is 0 Å². The summed E-state index contributed by atoms with van der Waals surface area (Å²) < 4.78 is 5.27. The van der Waals surface area contributed by atoms with Crippen LogP contribution in [-0.4, -0.2) is 21.4 Å². The van der Waals surface area contributed by atoms with Crippen LogP contribution < -0.4 is 0 Å². The van der Waals surface area contributed by atoms with Gasteiger partial charge in [-0.2, -0.15) is 4.98 Å². The van der Waals surface area contributed by atoms with Crippen LogP contribution in [0, 0.1) is 5.92 Å². The van der Waals surface area contributed by atoms with Crippen molar-refractivity contribution < 1.29 is 9.63 Å². The summed E-state index contributed by atoms with van der Waals surface area (Å²) in [7, 11) is 0. The van der Waals surface area contributed by atoms with Gasteiger partial charge in [0.25, 0.3) is 0 Å². The van der Waals surface area contributed by atoms with Gasteiger partial charge in [-0.3, -0.25) is 0 Å². The molecule has 1 aliphatic rings. The molecule has 1 N–H and O–H groups in total. The highest BCUT2D eigenvalue weighted by Crippen LogP contribution is 2.36. The Hall–Kier alpha value is -0.900. The standard InChI is InChI=1S/C15H26N2O2/c1-3-4-12-6-8-13(9-7-12)15-16-14(19-17-15)10-5-11(2)18/h11-13,18H,3-10H2,1-2H3. The third kappa shape index (κ3) is 4.30. The Morgan fingerprint density at radius 2 is 2.05 bits per heavy atom. The predicted octanol–water partition coefficient (Wildman–Crippen LogP) is 3.46. The van der Waals surface area contributed by atoms with Crippen molar-refractivity contribution in [3.05, 3.63) is 11.7 Å². The molecule has 0 saturated heterocycles. The first-order valence-corrected chi connectivity index (χ1v) is 7.69. The lowest BCUT2D eigenvalue weighted by Crippen LogP contribution is -2.14. The van der Waals surface area contributed by atoms with Crippen molar-refractivity contribution in [1.82, 2.24) is 10.1 Å². The molecule has 1 atom stereocenters. The molecule has 1 fully saturated rings. The van der Waals surface area contributed by atoms with Crippen LogP contribution in [0.3, 0.4) is 0 Å². The number of aromatic nitrogens is 2. The molecule has 2 rings (SSSR count). The Bertz CT molecular complexity index is 368. The lowest BCUT2D eigenvalue weighted by Gasteiger charge is -2.26. The quantitative estimate of drug-likeness (QED) is 0.856. The Morgan fingerprint density at radius 3 is 2.68 bits per heavy atom. The maximum absolute atomic E-state index is 9.26. The third-order valence-electron chi connectivity index (χ3n) is 4.17. The smallest absolute Gasteiger partial charge is 0.226 e. The highest BCUT2D eigenvalue weighted by molar-refractivity contribution is 4.97. The number of aliphatic hydroxyl groups is 1. The first kappa shape index (κ1) is 14.5. The van der Waals surface area contributed by atoms with Gasteiger partial charge in [-0.1, -0.05) is 24.9 Å². The minimum absolute atomic E-state index is 0.306. The van der Waals surface area contributed by atoms with Gasteiger partial charge < -0.3 is 9.63 Å². The van der Waals surface area contributed by atoms with Crippen LogP contribution in [0.5, 0.6) is 0 Å². The molecule has 0 aliphatic heterocycles. The molecule has 1 unspecified atom stereocenters. The van der Waals surface area contributed by atoms with Crippen molar-refractivity contribution in [2.45, 2.75) is 77.2 Å². The predicted molar refractivity (Wildman–Crippen MR) is 73.9 cm³/mol. The minimum Gasteiger partial charge on any atom is -0.393 e. The van der Waals surface area contributed by atoms with Crippen molar-refractivity contribution in [2.24, 2.45) is 5.92 Å². The number of rotatable bonds is 6. The third-order valence-corrected chi connectivity index (χ3v) is 4.17. The van der Waals surface area contributed by atoms with Crippen molar-refractivity contribution >= 4 is 0 Å². The van der Waals surface area contributed by atoms with E-state index in [1.54, 1.807) is 6.92 Å². The second kappa shape index (κ2) is 7.04. The second-order valence-electron chi connectivity index (χ2n) is 5.94. The van der Waals surface area contributed by atoms with Gasteiger partial charge in [0.1, 0.15) is 0 Å². The van der Waals surface area contributed by atoms with Gasteiger partial charge in [0, 0.05) is 12.3 Å². The summed E-state index contributed by atoms with van der Waals surface area (Å²) in [4.78, 5) is 4.49. The summed E-state index contributed by atoms with van der Waals surface area (Å²) in [6.45, 7) is 4.05. The van der Waals surface area contributed by atoms with E-state index in [1.165, 1.54) is 38.5 Å². The molecule has 108 valence electrons. The molecule has 0 bridgehead atoms. The highest BCUT2D eigenvalue weighted by atomic mass is 16.5. The molecular formula is C15H26N2O2. The van der Waals surface area contributed by atoms with Crippen LogP contribution in [0.1, 0.15) is 76.4 Å². The SMILES string of the molecule is CCCC1CCC(c2noc(CCC(C)O)n2)CC1. The average molecular weight is 266 g/mol. The number of hydrogen-bond acceptors (Lipinski definition) is 4. The largest absolute Gasteiger partial charge is 0.393 e. The van der Waals surface area contributed by atoms with E-state index in [2.05, 4.69) is 17.1 Å². The molecule has 1 aliphatic carbocycles. The van der Waals surface area contributed by atoms with E-state index in [4.69, 9.17) is 4.52 Å². The first-order chi connectivity index (χ1) is 9.19. The molecule has 4 nitrogen and oxygen atoms in total. The van der Waals surface area contributed by atoms with Gasteiger partial charge in [0.2, 0.25) is 5.89 Å². The number of aryl methyl sites for hydroxylation is 1. The zero-order chi connectivity index (χ0) is 13.7. The van der Waals surface area contributed by atoms with E-state index in [9.17, 15) is 5.11 Å². The first-order valence-electron chi connectivity index (χ1n) is 7.69. The minimum atomic E-state index is -0.306. The van der Waals surface area contributed by atoms with E-state index in [0.29, 0.717) is 24.7 Å². The van der Waals surface area contributed by atoms with E-state index in [0.717, 1.165) is 11.7 Å². The summed E-state index contributed by atoms with van der Waals surface area (Å²) >= 11 is 0.